The molecule has 72 valence electrons. The monoisotopic (exact) mass is 212 g/mol. The van der Waals surface area contributed by atoms with E-state index < -0.39 is 17.5 Å². The Hall–Kier alpha value is 0.0700. The van der Waals surface area contributed by atoms with Crippen molar-refractivity contribution in [1.82, 2.24) is 0 Å². The minimum Gasteiger partial charge on any atom is -0.480 e. The van der Waals surface area contributed by atoms with Crippen LogP contribution in [0.3, 0.4) is 0 Å². The number of hydrogen-bond acceptors (Lipinski definition) is 3. The number of carboxylic acid groups (broad SMARTS) is 1. The van der Waals surface area contributed by atoms with Crippen LogP contribution < -0.4 is 0 Å². The summed E-state index contributed by atoms with van der Waals surface area (Å²) < 4.78 is 0. The number of hydrogen-bond donors (Lipinski definition) is 2. The Bertz CT molecular complexity index is 152. The summed E-state index contributed by atoms with van der Waals surface area (Å²) in [5.41, 5.74) is 0. The van der Waals surface area contributed by atoms with Gasteiger partial charge < -0.3 is 10.2 Å². The molecule has 0 heterocycles. The van der Waals surface area contributed by atoms with E-state index in [0.29, 0.717) is 5.75 Å². The Balaban J connectivity index is 3.61. The molecule has 0 aliphatic rings. The number of aliphatic carboxylic acids is 1. The third-order valence-electron chi connectivity index (χ3n) is 1.45. The molecular weight excluding hydrogens is 200 g/mol. The summed E-state index contributed by atoms with van der Waals surface area (Å²) in [5.74, 6) is -0.690. The smallest absolute Gasteiger partial charge is 0.322 e. The fourth-order valence-corrected chi connectivity index (χ4v) is 1.56. The highest BCUT2D eigenvalue weighted by Gasteiger charge is 2.17. The van der Waals surface area contributed by atoms with Gasteiger partial charge in [-0.1, -0.05) is 6.92 Å². The lowest BCUT2D eigenvalue weighted by Gasteiger charge is -2.14. The second-order valence-electron chi connectivity index (χ2n) is 2.58. The van der Waals surface area contributed by atoms with E-state index >= 15 is 0 Å². The number of aliphatic hydroxyl groups excluding tert-OH is 1. The molecule has 0 amide bonds. The zero-order valence-electron chi connectivity index (χ0n) is 7.03. The van der Waals surface area contributed by atoms with E-state index in [1.54, 1.807) is 6.92 Å². The minimum absolute atomic E-state index is 0.0191. The first-order chi connectivity index (χ1) is 5.45. The normalized spacial score (nSPS) is 18.3. The van der Waals surface area contributed by atoms with Gasteiger partial charge in [0.2, 0.25) is 0 Å². The van der Waals surface area contributed by atoms with Crippen molar-refractivity contribution in [2.75, 3.05) is 5.75 Å². The maximum absolute atomic E-state index is 10.3. The molecule has 5 heteroatoms. The molecule has 12 heavy (non-hydrogen) atoms. The van der Waals surface area contributed by atoms with Gasteiger partial charge in [0.25, 0.3) is 0 Å². The highest BCUT2D eigenvalue weighted by atomic mass is 35.5. The number of aliphatic hydroxyl groups is 1. The van der Waals surface area contributed by atoms with Crippen molar-refractivity contribution in [3.63, 3.8) is 0 Å². The highest BCUT2D eigenvalue weighted by molar-refractivity contribution is 8.00. The molecule has 0 fully saturated rings. The summed E-state index contributed by atoms with van der Waals surface area (Å²) in [7, 11) is 0. The summed E-state index contributed by atoms with van der Waals surface area (Å²) in [6, 6.07) is 0. The summed E-state index contributed by atoms with van der Waals surface area (Å²) in [4.78, 5) is 10.3. The maximum atomic E-state index is 10.3. The number of halogens is 1. The fraction of sp³-hybridized carbons (Fsp3) is 0.857. The third kappa shape index (κ3) is 4.85. The van der Waals surface area contributed by atoms with Crippen molar-refractivity contribution in [1.29, 1.82) is 0 Å². The molecule has 2 N–H and O–H groups in total. The van der Waals surface area contributed by atoms with E-state index in [2.05, 4.69) is 0 Å². The molecule has 0 spiro atoms. The molecule has 3 nitrogen and oxygen atoms in total. The predicted molar refractivity (Wildman–Crippen MR) is 50.9 cm³/mol. The average Bonchev–Trinajstić information content (AvgIpc) is 1.98. The number of thioether (sulfide) groups is 1. The van der Waals surface area contributed by atoms with E-state index in [1.807, 2.05) is 6.92 Å². The van der Waals surface area contributed by atoms with Crippen molar-refractivity contribution in [3.05, 3.63) is 0 Å². The van der Waals surface area contributed by atoms with Gasteiger partial charge in [0.1, 0.15) is 5.38 Å². The van der Waals surface area contributed by atoms with Crippen LogP contribution in [-0.4, -0.2) is 38.7 Å². The standard InChI is InChI=1S/C7H13ClO3S/c1-4(9)5(2)12-3-6(8)7(10)11/h4-6,9H,3H2,1-2H3,(H,10,11). The van der Waals surface area contributed by atoms with Crippen LogP contribution >= 0.6 is 23.4 Å². The van der Waals surface area contributed by atoms with Gasteiger partial charge in [-0.15, -0.1) is 11.6 Å². The Morgan fingerprint density at radius 3 is 2.42 bits per heavy atom. The average molecular weight is 213 g/mol. The van der Waals surface area contributed by atoms with E-state index in [9.17, 15) is 4.79 Å². The Kier molecular flexibility index (Phi) is 5.70. The first kappa shape index (κ1) is 12.1. The largest absolute Gasteiger partial charge is 0.480 e. The van der Waals surface area contributed by atoms with Crippen LogP contribution in [0.2, 0.25) is 0 Å². The van der Waals surface area contributed by atoms with E-state index in [-0.39, 0.29) is 5.25 Å². The van der Waals surface area contributed by atoms with Crippen molar-refractivity contribution >= 4 is 29.3 Å². The predicted octanol–water partition coefficient (Wildman–Crippen LogP) is 1.18. The molecule has 3 atom stereocenters. The lowest BCUT2D eigenvalue weighted by Crippen LogP contribution is -2.21. The number of alkyl halides is 1. The molecule has 0 radical (unpaired) electrons. The van der Waals surface area contributed by atoms with E-state index in [1.165, 1.54) is 11.8 Å². The SMILES string of the molecule is CC(O)C(C)SCC(Cl)C(=O)O. The van der Waals surface area contributed by atoms with E-state index in [4.69, 9.17) is 21.8 Å². The zero-order chi connectivity index (χ0) is 9.72. The Morgan fingerprint density at radius 1 is 1.58 bits per heavy atom. The summed E-state index contributed by atoms with van der Waals surface area (Å²) in [5, 5.41) is 16.6. The maximum Gasteiger partial charge on any atom is 0.322 e. The highest BCUT2D eigenvalue weighted by Crippen LogP contribution is 2.17. The van der Waals surface area contributed by atoms with E-state index in [0.717, 1.165) is 0 Å². The van der Waals surface area contributed by atoms with Gasteiger partial charge in [-0.3, -0.25) is 4.79 Å². The number of carboxylic acids is 1. The quantitative estimate of drug-likeness (QED) is 0.672. The molecular formula is C7H13ClO3S. The number of carbonyl (C=O) groups is 1. The summed E-state index contributed by atoms with van der Waals surface area (Å²) in [6.45, 7) is 3.50. The van der Waals surface area contributed by atoms with Crippen molar-refractivity contribution < 1.29 is 15.0 Å². The van der Waals surface area contributed by atoms with Gasteiger partial charge >= 0.3 is 5.97 Å². The van der Waals surface area contributed by atoms with Gasteiger partial charge in [-0.05, 0) is 6.92 Å². The van der Waals surface area contributed by atoms with Crippen LogP contribution in [0.5, 0.6) is 0 Å². The first-order valence-corrected chi connectivity index (χ1v) is 5.10. The molecule has 0 aliphatic carbocycles. The van der Waals surface area contributed by atoms with Crippen molar-refractivity contribution in [2.45, 2.75) is 30.6 Å². The van der Waals surface area contributed by atoms with Crippen LogP contribution in [-0.2, 0) is 4.79 Å². The van der Waals surface area contributed by atoms with Crippen LogP contribution in [0, 0.1) is 0 Å². The van der Waals surface area contributed by atoms with Crippen molar-refractivity contribution in [3.8, 4) is 0 Å². The van der Waals surface area contributed by atoms with Gasteiger partial charge in [-0.25, -0.2) is 0 Å². The van der Waals surface area contributed by atoms with Gasteiger partial charge in [0.15, 0.2) is 0 Å². The molecule has 3 unspecified atom stereocenters. The molecule has 0 aromatic rings. The molecule has 0 saturated carbocycles. The topological polar surface area (TPSA) is 57.5 Å². The van der Waals surface area contributed by atoms with Crippen LogP contribution in [0.4, 0.5) is 0 Å². The third-order valence-corrected chi connectivity index (χ3v) is 3.42. The lowest BCUT2D eigenvalue weighted by molar-refractivity contribution is -0.136. The minimum atomic E-state index is -1.01. The summed E-state index contributed by atoms with van der Waals surface area (Å²) >= 11 is 6.82. The molecule has 0 bridgehead atoms. The Morgan fingerprint density at radius 2 is 2.08 bits per heavy atom. The molecule has 0 aliphatic heterocycles. The molecule has 0 aromatic heterocycles. The second kappa shape index (κ2) is 5.67. The second-order valence-corrected chi connectivity index (χ2v) is 4.52. The zero-order valence-corrected chi connectivity index (χ0v) is 8.60. The number of rotatable bonds is 5. The molecule has 0 saturated heterocycles. The van der Waals surface area contributed by atoms with Gasteiger partial charge in [0.05, 0.1) is 6.10 Å². The van der Waals surface area contributed by atoms with Crippen LogP contribution in [0.1, 0.15) is 13.8 Å². The lowest BCUT2D eigenvalue weighted by atomic mass is 10.3. The molecule has 0 rings (SSSR count). The van der Waals surface area contributed by atoms with Crippen LogP contribution in [0.15, 0.2) is 0 Å². The Labute approximate surface area is 81.1 Å². The fourth-order valence-electron chi connectivity index (χ4n) is 0.447. The van der Waals surface area contributed by atoms with Gasteiger partial charge in [0, 0.05) is 11.0 Å². The first-order valence-electron chi connectivity index (χ1n) is 3.61. The summed E-state index contributed by atoms with van der Waals surface area (Å²) in [6.07, 6.45) is -0.437. The molecule has 0 aromatic carbocycles. The van der Waals surface area contributed by atoms with Gasteiger partial charge in [-0.2, -0.15) is 11.8 Å². The van der Waals surface area contributed by atoms with Crippen LogP contribution in [0.25, 0.3) is 0 Å². The van der Waals surface area contributed by atoms with Crippen molar-refractivity contribution in [2.24, 2.45) is 0 Å².